The maximum atomic E-state index is 11.1. The lowest BCUT2D eigenvalue weighted by atomic mass is 10.00. The van der Waals surface area contributed by atoms with Gasteiger partial charge in [0, 0.05) is 12.3 Å². The van der Waals surface area contributed by atoms with Crippen LogP contribution in [0.4, 0.5) is 0 Å². The summed E-state index contributed by atoms with van der Waals surface area (Å²) >= 11 is 0. The molecule has 0 saturated heterocycles. The summed E-state index contributed by atoms with van der Waals surface area (Å²) in [6.07, 6.45) is 1.49. The summed E-state index contributed by atoms with van der Waals surface area (Å²) in [6.45, 7) is 5.43. The van der Waals surface area contributed by atoms with Crippen molar-refractivity contribution in [2.45, 2.75) is 39.2 Å². The van der Waals surface area contributed by atoms with Crippen LogP contribution in [-0.2, 0) is 4.79 Å². The smallest absolute Gasteiger partial charge is 0.136 e. The predicted octanol–water partition coefficient (Wildman–Crippen LogP) is 1.37. The molecular formula is C9H16O2. The van der Waals surface area contributed by atoms with Gasteiger partial charge in [-0.05, 0) is 26.2 Å². The number of carbonyl (C=O) groups excluding carboxylic acids is 1. The van der Waals surface area contributed by atoms with Crippen molar-refractivity contribution >= 4 is 5.78 Å². The third-order valence-corrected chi connectivity index (χ3v) is 2.46. The van der Waals surface area contributed by atoms with E-state index in [0.717, 1.165) is 6.42 Å². The Labute approximate surface area is 67.6 Å². The molecule has 2 atom stereocenters. The van der Waals surface area contributed by atoms with E-state index in [1.807, 2.05) is 6.92 Å². The molecule has 0 amide bonds. The fourth-order valence-electron chi connectivity index (χ4n) is 1.59. The van der Waals surface area contributed by atoms with Crippen molar-refractivity contribution in [1.82, 2.24) is 0 Å². The van der Waals surface area contributed by atoms with Gasteiger partial charge in [0.25, 0.3) is 0 Å². The molecule has 0 heterocycles. The van der Waals surface area contributed by atoms with Crippen LogP contribution >= 0.6 is 0 Å². The van der Waals surface area contributed by atoms with Crippen LogP contribution in [0.1, 0.15) is 33.6 Å². The second kappa shape index (κ2) is 2.59. The van der Waals surface area contributed by atoms with E-state index in [-0.39, 0.29) is 11.8 Å². The van der Waals surface area contributed by atoms with Gasteiger partial charge in [-0.25, -0.2) is 0 Å². The maximum absolute atomic E-state index is 11.1. The van der Waals surface area contributed by atoms with Crippen LogP contribution in [0.25, 0.3) is 0 Å². The van der Waals surface area contributed by atoms with E-state index >= 15 is 0 Å². The number of Topliss-reactive ketones (excluding diaryl/α,β-unsaturated/α-hetero) is 1. The van der Waals surface area contributed by atoms with Crippen molar-refractivity contribution in [1.29, 1.82) is 0 Å². The minimum Gasteiger partial charge on any atom is -0.390 e. The largest absolute Gasteiger partial charge is 0.390 e. The van der Waals surface area contributed by atoms with Crippen LogP contribution in [0.2, 0.25) is 0 Å². The molecule has 1 rings (SSSR count). The molecule has 0 aromatic heterocycles. The molecule has 64 valence electrons. The molecule has 1 fully saturated rings. The van der Waals surface area contributed by atoms with Gasteiger partial charge in [0.05, 0.1) is 5.60 Å². The molecule has 0 spiro atoms. The average Bonchev–Trinajstić information content (AvgIpc) is 2.62. The van der Waals surface area contributed by atoms with Crippen molar-refractivity contribution in [3.63, 3.8) is 0 Å². The maximum Gasteiger partial charge on any atom is 0.136 e. The molecule has 0 radical (unpaired) electrons. The molecule has 11 heavy (non-hydrogen) atoms. The normalized spacial score (nSPS) is 30.2. The summed E-state index contributed by atoms with van der Waals surface area (Å²) < 4.78 is 0. The highest BCUT2D eigenvalue weighted by atomic mass is 16.3. The fourth-order valence-corrected chi connectivity index (χ4v) is 1.59. The van der Waals surface area contributed by atoms with E-state index in [1.165, 1.54) is 0 Å². The van der Waals surface area contributed by atoms with Gasteiger partial charge >= 0.3 is 0 Å². The van der Waals surface area contributed by atoms with Crippen molar-refractivity contribution in [3.05, 3.63) is 0 Å². The number of carbonyl (C=O) groups is 1. The highest BCUT2D eigenvalue weighted by Gasteiger charge is 2.49. The first-order chi connectivity index (χ1) is 4.96. The zero-order chi connectivity index (χ0) is 8.65. The van der Waals surface area contributed by atoms with Crippen molar-refractivity contribution in [2.75, 3.05) is 0 Å². The number of aliphatic hydroxyl groups is 1. The van der Waals surface area contributed by atoms with Gasteiger partial charge in [0.2, 0.25) is 0 Å². The number of hydrogen-bond acceptors (Lipinski definition) is 2. The predicted molar refractivity (Wildman–Crippen MR) is 43.2 cm³/mol. The Morgan fingerprint density at radius 2 is 2.18 bits per heavy atom. The van der Waals surface area contributed by atoms with Gasteiger partial charge in [-0.15, -0.1) is 0 Å². The van der Waals surface area contributed by atoms with Gasteiger partial charge in [0.1, 0.15) is 5.78 Å². The van der Waals surface area contributed by atoms with Gasteiger partial charge in [-0.2, -0.15) is 0 Å². The molecule has 0 bridgehead atoms. The summed E-state index contributed by atoms with van der Waals surface area (Å²) in [7, 11) is 0. The molecule has 0 unspecified atom stereocenters. The van der Waals surface area contributed by atoms with Crippen molar-refractivity contribution < 1.29 is 9.90 Å². The van der Waals surface area contributed by atoms with Crippen LogP contribution in [0.15, 0.2) is 0 Å². The molecular weight excluding hydrogens is 140 g/mol. The number of rotatable bonds is 3. The first-order valence-electron chi connectivity index (χ1n) is 4.22. The number of hydrogen-bond donors (Lipinski definition) is 1. The Morgan fingerprint density at radius 1 is 1.64 bits per heavy atom. The highest BCUT2D eigenvalue weighted by molar-refractivity contribution is 5.83. The summed E-state index contributed by atoms with van der Waals surface area (Å²) in [6, 6.07) is 0. The first kappa shape index (κ1) is 8.72. The third kappa shape index (κ3) is 1.80. The lowest BCUT2D eigenvalue weighted by molar-refractivity contribution is -0.121. The molecule has 1 aliphatic rings. The Hall–Kier alpha value is -0.370. The summed E-state index contributed by atoms with van der Waals surface area (Å²) in [5, 5.41) is 9.52. The van der Waals surface area contributed by atoms with Crippen molar-refractivity contribution in [3.8, 4) is 0 Å². The highest BCUT2D eigenvalue weighted by Crippen LogP contribution is 2.47. The molecule has 1 aliphatic carbocycles. The second-order valence-corrected chi connectivity index (χ2v) is 3.92. The summed E-state index contributed by atoms with van der Waals surface area (Å²) in [5.74, 6) is 0.673. The molecule has 1 N–H and O–H groups in total. The van der Waals surface area contributed by atoms with E-state index < -0.39 is 5.60 Å². The van der Waals surface area contributed by atoms with Crippen molar-refractivity contribution in [2.24, 2.45) is 11.8 Å². The SMILES string of the molecule is CCC(=O)[C@H]1C[C@@H]1C(C)(C)O. The second-order valence-electron chi connectivity index (χ2n) is 3.92. The Kier molecular flexibility index (Phi) is 2.06. The Morgan fingerprint density at radius 3 is 2.45 bits per heavy atom. The Balaban J connectivity index is 2.44. The Bertz CT molecular complexity index is 167. The van der Waals surface area contributed by atoms with Crippen LogP contribution < -0.4 is 0 Å². The molecule has 0 aromatic carbocycles. The minimum atomic E-state index is -0.657. The van der Waals surface area contributed by atoms with Gasteiger partial charge < -0.3 is 5.11 Å². The molecule has 2 nitrogen and oxygen atoms in total. The van der Waals surface area contributed by atoms with Gasteiger partial charge in [0.15, 0.2) is 0 Å². The molecule has 2 heteroatoms. The van der Waals surface area contributed by atoms with Gasteiger partial charge in [-0.1, -0.05) is 6.92 Å². The lowest BCUT2D eigenvalue weighted by Gasteiger charge is -2.16. The third-order valence-electron chi connectivity index (χ3n) is 2.46. The standard InChI is InChI=1S/C9H16O2/c1-4-8(10)6-5-7(6)9(2,3)11/h6-7,11H,4-5H2,1-3H3/t6-,7-/m0/s1. The van der Waals surface area contributed by atoms with E-state index in [1.54, 1.807) is 13.8 Å². The van der Waals surface area contributed by atoms with E-state index in [2.05, 4.69) is 0 Å². The molecule has 1 saturated carbocycles. The first-order valence-corrected chi connectivity index (χ1v) is 4.22. The van der Waals surface area contributed by atoms with Crippen LogP contribution in [0, 0.1) is 11.8 Å². The average molecular weight is 156 g/mol. The summed E-state index contributed by atoms with van der Waals surface area (Å²) in [5.41, 5.74) is -0.657. The van der Waals surface area contributed by atoms with E-state index in [0.29, 0.717) is 12.2 Å². The van der Waals surface area contributed by atoms with Gasteiger partial charge in [-0.3, -0.25) is 4.79 Å². The van der Waals surface area contributed by atoms with E-state index in [4.69, 9.17) is 0 Å². The lowest BCUT2D eigenvalue weighted by Crippen LogP contribution is -2.24. The monoisotopic (exact) mass is 156 g/mol. The zero-order valence-electron chi connectivity index (χ0n) is 7.42. The topological polar surface area (TPSA) is 37.3 Å². The fraction of sp³-hybridized carbons (Fsp3) is 0.889. The summed E-state index contributed by atoms with van der Waals surface area (Å²) in [4.78, 5) is 11.1. The minimum absolute atomic E-state index is 0.153. The molecule has 0 aliphatic heterocycles. The number of ketones is 1. The zero-order valence-corrected chi connectivity index (χ0v) is 7.42. The van der Waals surface area contributed by atoms with Crippen LogP contribution in [0.5, 0.6) is 0 Å². The molecule has 0 aromatic rings. The quantitative estimate of drug-likeness (QED) is 0.670. The van der Waals surface area contributed by atoms with E-state index in [9.17, 15) is 9.90 Å². The van der Waals surface area contributed by atoms with Crippen LogP contribution in [0.3, 0.4) is 0 Å². The van der Waals surface area contributed by atoms with Crippen LogP contribution in [-0.4, -0.2) is 16.5 Å².